The van der Waals surface area contributed by atoms with Crippen LogP contribution in [0.4, 0.5) is 0 Å². The van der Waals surface area contributed by atoms with Gasteiger partial charge in [-0.05, 0) is 10.7 Å². The fraction of sp³-hybridized carbons (Fsp3) is 0.273. The SMILES string of the molecule is O/N=C(\C1=NOCCO1)c1ccccc1CCl. The van der Waals surface area contributed by atoms with E-state index in [0.29, 0.717) is 24.7 Å². The van der Waals surface area contributed by atoms with Gasteiger partial charge in [-0.3, -0.25) is 0 Å². The summed E-state index contributed by atoms with van der Waals surface area (Å²) >= 11 is 5.82. The van der Waals surface area contributed by atoms with Crippen molar-refractivity contribution in [3.8, 4) is 0 Å². The summed E-state index contributed by atoms with van der Waals surface area (Å²) in [5.41, 5.74) is 1.73. The third-order valence-corrected chi connectivity index (χ3v) is 2.57. The highest BCUT2D eigenvalue weighted by molar-refractivity contribution is 6.45. The molecular formula is C11H11ClN2O3. The molecule has 5 nitrogen and oxygen atoms in total. The molecule has 0 fully saturated rings. The van der Waals surface area contributed by atoms with Crippen molar-refractivity contribution in [2.24, 2.45) is 10.3 Å². The van der Waals surface area contributed by atoms with Crippen LogP contribution in [0.25, 0.3) is 0 Å². The number of halogens is 1. The van der Waals surface area contributed by atoms with Gasteiger partial charge in [-0.2, -0.15) is 0 Å². The number of rotatable bonds is 3. The van der Waals surface area contributed by atoms with Gasteiger partial charge in [0.05, 0.1) is 0 Å². The molecule has 1 aliphatic heterocycles. The lowest BCUT2D eigenvalue weighted by molar-refractivity contribution is 0.0674. The first-order chi connectivity index (χ1) is 8.36. The number of ether oxygens (including phenoxy) is 1. The van der Waals surface area contributed by atoms with Crippen LogP contribution in [0.1, 0.15) is 11.1 Å². The van der Waals surface area contributed by atoms with Crippen LogP contribution < -0.4 is 0 Å². The van der Waals surface area contributed by atoms with E-state index < -0.39 is 0 Å². The summed E-state index contributed by atoms with van der Waals surface area (Å²) in [6.45, 7) is 0.764. The summed E-state index contributed by atoms with van der Waals surface area (Å²) in [5, 5.41) is 16.0. The molecule has 0 aliphatic carbocycles. The zero-order valence-electron chi connectivity index (χ0n) is 8.97. The Balaban J connectivity index is 2.39. The highest BCUT2D eigenvalue weighted by Crippen LogP contribution is 2.15. The minimum atomic E-state index is 0.163. The fourth-order valence-corrected chi connectivity index (χ4v) is 1.73. The van der Waals surface area contributed by atoms with Gasteiger partial charge in [0, 0.05) is 11.4 Å². The van der Waals surface area contributed by atoms with E-state index in [0.717, 1.165) is 5.56 Å². The Hall–Kier alpha value is -1.75. The van der Waals surface area contributed by atoms with Crippen molar-refractivity contribution in [2.75, 3.05) is 13.2 Å². The van der Waals surface area contributed by atoms with E-state index >= 15 is 0 Å². The molecule has 1 N–H and O–H groups in total. The van der Waals surface area contributed by atoms with Crippen LogP contribution in [0.2, 0.25) is 0 Å². The Labute approximate surface area is 103 Å². The molecule has 0 atom stereocenters. The molecule has 1 heterocycles. The lowest BCUT2D eigenvalue weighted by Gasteiger charge is -2.15. The lowest BCUT2D eigenvalue weighted by Crippen LogP contribution is -2.26. The molecule has 0 unspecified atom stereocenters. The molecule has 0 bridgehead atoms. The largest absolute Gasteiger partial charge is 0.470 e. The molecule has 17 heavy (non-hydrogen) atoms. The van der Waals surface area contributed by atoms with Crippen molar-refractivity contribution in [2.45, 2.75) is 5.88 Å². The number of hydrogen-bond donors (Lipinski definition) is 1. The Bertz CT molecular complexity index is 460. The summed E-state index contributed by atoms with van der Waals surface area (Å²) < 4.78 is 5.28. The zero-order valence-corrected chi connectivity index (χ0v) is 9.72. The summed E-state index contributed by atoms with van der Waals surface area (Å²) in [4.78, 5) is 4.90. The van der Waals surface area contributed by atoms with Gasteiger partial charge >= 0.3 is 0 Å². The Morgan fingerprint density at radius 2 is 2.24 bits per heavy atom. The Kier molecular flexibility index (Phi) is 3.82. The molecule has 90 valence electrons. The first-order valence-corrected chi connectivity index (χ1v) is 5.59. The fourth-order valence-electron chi connectivity index (χ4n) is 1.50. The third kappa shape index (κ3) is 2.50. The van der Waals surface area contributed by atoms with Gasteiger partial charge in [0.15, 0.2) is 12.3 Å². The van der Waals surface area contributed by atoms with Crippen LogP contribution in [0, 0.1) is 0 Å². The van der Waals surface area contributed by atoms with E-state index in [1.54, 1.807) is 6.07 Å². The molecule has 0 saturated carbocycles. The topological polar surface area (TPSA) is 63.4 Å². The normalized spacial score (nSPS) is 15.8. The number of oxime groups is 2. The van der Waals surface area contributed by atoms with Crippen molar-refractivity contribution in [1.82, 2.24) is 0 Å². The maximum Gasteiger partial charge on any atom is 0.280 e. The molecule has 0 saturated heterocycles. The van der Waals surface area contributed by atoms with Crippen molar-refractivity contribution >= 4 is 23.2 Å². The smallest absolute Gasteiger partial charge is 0.280 e. The second-order valence-electron chi connectivity index (χ2n) is 3.32. The van der Waals surface area contributed by atoms with E-state index in [1.165, 1.54) is 0 Å². The maximum atomic E-state index is 9.08. The molecule has 6 heteroatoms. The third-order valence-electron chi connectivity index (χ3n) is 2.28. The predicted octanol–water partition coefficient (Wildman–Crippen LogP) is 1.96. The minimum Gasteiger partial charge on any atom is -0.470 e. The zero-order chi connectivity index (χ0) is 12.1. The monoisotopic (exact) mass is 254 g/mol. The predicted molar refractivity (Wildman–Crippen MR) is 63.7 cm³/mol. The maximum absolute atomic E-state index is 9.08. The molecule has 2 rings (SSSR count). The quantitative estimate of drug-likeness (QED) is 0.388. The van der Waals surface area contributed by atoms with Gasteiger partial charge in [0.25, 0.3) is 5.90 Å². The average Bonchev–Trinajstić information content (AvgIpc) is 2.41. The van der Waals surface area contributed by atoms with Crippen molar-refractivity contribution in [3.05, 3.63) is 35.4 Å². The van der Waals surface area contributed by atoms with Crippen molar-refractivity contribution in [3.63, 3.8) is 0 Å². The summed E-state index contributed by atoms with van der Waals surface area (Å²) in [6.07, 6.45) is 0. The first-order valence-electron chi connectivity index (χ1n) is 5.06. The summed E-state index contributed by atoms with van der Waals surface area (Å²) in [7, 11) is 0. The Morgan fingerprint density at radius 1 is 1.41 bits per heavy atom. The van der Waals surface area contributed by atoms with E-state index in [-0.39, 0.29) is 11.6 Å². The lowest BCUT2D eigenvalue weighted by atomic mass is 10.0. The van der Waals surface area contributed by atoms with E-state index in [1.807, 2.05) is 18.2 Å². The molecule has 0 spiro atoms. The second kappa shape index (κ2) is 5.54. The molecular weight excluding hydrogens is 244 g/mol. The molecule has 0 amide bonds. The molecule has 0 aromatic heterocycles. The highest BCUT2D eigenvalue weighted by Gasteiger charge is 2.20. The van der Waals surface area contributed by atoms with Gasteiger partial charge in [0.1, 0.15) is 6.61 Å². The number of benzene rings is 1. The van der Waals surface area contributed by atoms with E-state index in [9.17, 15) is 0 Å². The number of nitrogens with zero attached hydrogens (tertiary/aromatic N) is 2. The molecule has 1 aliphatic rings. The van der Waals surface area contributed by atoms with Crippen LogP contribution in [0.3, 0.4) is 0 Å². The molecule has 1 aromatic carbocycles. The summed E-state index contributed by atoms with van der Waals surface area (Å²) in [5.74, 6) is 0.472. The first kappa shape index (κ1) is 11.7. The van der Waals surface area contributed by atoms with Crippen LogP contribution in [0.5, 0.6) is 0 Å². The highest BCUT2D eigenvalue weighted by atomic mass is 35.5. The van der Waals surface area contributed by atoms with Crippen LogP contribution in [-0.2, 0) is 15.5 Å². The Morgan fingerprint density at radius 3 is 2.88 bits per heavy atom. The van der Waals surface area contributed by atoms with Crippen molar-refractivity contribution < 1.29 is 14.8 Å². The van der Waals surface area contributed by atoms with Crippen LogP contribution in [0.15, 0.2) is 34.6 Å². The molecule has 0 radical (unpaired) electrons. The average molecular weight is 255 g/mol. The van der Waals surface area contributed by atoms with E-state index in [2.05, 4.69) is 10.3 Å². The van der Waals surface area contributed by atoms with Gasteiger partial charge in [-0.1, -0.05) is 29.4 Å². The van der Waals surface area contributed by atoms with Gasteiger partial charge in [0.2, 0.25) is 0 Å². The second-order valence-corrected chi connectivity index (χ2v) is 3.58. The number of alkyl halides is 1. The van der Waals surface area contributed by atoms with Crippen LogP contribution >= 0.6 is 11.6 Å². The van der Waals surface area contributed by atoms with E-state index in [4.69, 9.17) is 26.4 Å². The van der Waals surface area contributed by atoms with Crippen molar-refractivity contribution in [1.29, 1.82) is 0 Å². The summed E-state index contributed by atoms with van der Waals surface area (Å²) in [6, 6.07) is 7.31. The minimum absolute atomic E-state index is 0.163. The van der Waals surface area contributed by atoms with Gasteiger partial charge in [-0.15, -0.1) is 11.6 Å². The molecule has 1 aromatic rings. The van der Waals surface area contributed by atoms with Crippen LogP contribution in [-0.4, -0.2) is 30.0 Å². The van der Waals surface area contributed by atoms with Gasteiger partial charge in [-0.25, -0.2) is 0 Å². The standard InChI is InChI=1S/C11H11ClN2O3/c12-7-8-3-1-2-4-9(8)10(13-15)11-14-17-6-5-16-11/h1-4,15H,5-7H2/b13-10-. The number of hydrogen-bond acceptors (Lipinski definition) is 5. The van der Waals surface area contributed by atoms with Gasteiger partial charge < -0.3 is 14.8 Å².